The third kappa shape index (κ3) is 3.42. The van der Waals surface area contributed by atoms with E-state index in [9.17, 15) is 4.79 Å². The van der Waals surface area contributed by atoms with Crippen LogP contribution in [0.15, 0.2) is 30.3 Å². The maximum atomic E-state index is 12.5. The van der Waals surface area contributed by atoms with Crippen LogP contribution in [0.1, 0.15) is 40.9 Å². The molecule has 25 heavy (non-hydrogen) atoms. The smallest absolute Gasteiger partial charge is 0.342 e. The Labute approximate surface area is 145 Å². The zero-order chi connectivity index (χ0) is 17.8. The van der Waals surface area contributed by atoms with Gasteiger partial charge in [0.2, 0.25) is 0 Å². The molecule has 1 aromatic carbocycles. The second-order valence-corrected chi connectivity index (χ2v) is 5.69. The minimum atomic E-state index is -0.428. The first kappa shape index (κ1) is 16.8. The molecule has 0 bridgehead atoms. The lowest BCUT2D eigenvalue weighted by atomic mass is 10.2. The number of hydrogen-bond donors (Lipinski definition) is 0. The van der Waals surface area contributed by atoms with Gasteiger partial charge in [-0.2, -0.15) is 5.10 Å². The Morgan fingerprint density at radius 2 is 1.96 bits per heavy atom. The van der Waals surface area contributed by atoms with Crippen molar-refractivity contribution in [2.24, 2.45) is 0 Å². The Hall–Kier alpha value is -3.03. The minimum absolute atomic E-state index is 0.0290. The van der Waals surface area contributed by atoms with Crippen molar-refractivity contribution in [1.29, 1.82) is 0 Å². The Morgan fingerprint density at radius 1 is 1.20 bits per heavy atom. The van der Waals surface area contributed by atoms with E-state index in [0.29, 0.717) is 23.6 Å². The molecule has 2 heterocycles. The Kier molecular flexibility index (Phi) is 4.87. The maximum absolute atomic E-state index is 12.5. The summed E-state index contributed by atoms with van der Waals surface area (Å²) in [5.74, 6) is 0.101. The molecule has 0 N–H and O–H groups in total. The SMILES string of the molecule is CCCn1nnnc1COC(=O)c1c(C)nn(-c2ccccc2)c1C. The van der Waals surface area contributed by atoms with Gasteiger partial charge in [-0.25, -0.2) is 14.2 Å². The summed E-state index contributed by atoms with van der Waals surface area (Å²) < 4.78 is 8.80. The maximum Gasteiger partial charge on any atom is 0.342 e. The van der Waals surface area contributed by atoms with E-state index < -0.39 is 5.97 Å². The van der Waals surface area contributed by atoms with Crippen LogP contribution in [0.3, 0.4) is 0 Å². The molecule has 3 rings (SSSR count). The van der Waals surface area contributed by atoms with Gasteiger partial charge in [-0.15, -0.1) is 5.10 Å². The molecule has 0 spiro atoms. The van der Waals surface area contributed by atoms with Crippen LogP contribution in [-0.2, 0) is 17.9 Å². The van der Waals surface area contributed by atoms with E-state index in [1.54, 1.807) is 16.3 Å². The van der Waals surface area contributed by atoms with Crippen LogP contribution in [0, 0.1) is 13.8 Å². The van der Waals surface area contributed by atoms with Crippen LogP contribution in [-0.4, -0.2) is 36.0 Å². The van der Waals surface area contributed by atoms with Crippen LogP contribution >= 0.6 is 0 Å². The highest BCUT2D eigenvalue weighted by Gasteiger charge is 2.21. The zero-order valence-corrected chi connectivity index (χ0v) is 14.5. The van der Waals surface area contributed by atoms with Gasteiger partial charge in [-0.3, -0.25) is 0 Å². The molecule has 0 unspecified atom stereocenters. The van der Waals surface area contributed by atoms with Crippen molar-refractivity contribution in [2.75, 3.05) is 0 Å². The molecule has 0 fully saturated rings. The Morgan fingerprint density at radius 3 is 2.68 bits per heavy atom. The van der Waals surface area contributed by atoms with Gasteiger partial charge in [0.25, 0.3) is 0 Å². The Balaban J connectivity index is 1.79. The molecule has 0 radical (unpaired) electrons. The number of para-hydroxylation sites is 1. The monoisotopic (exact) mass is 340 g/mol. The lowest BCUT2D eigenvalue weighted by Gasteiger charge is -2.06. The summed E-state index contributed by atoms with van der Waals surface area (Å²) in [7, 11) is 0. The third-order valence-electron chi connectivity index (χ3n) is 3.87. The van der Waals surface area contributed by atoms with Crippen LogP contribution in [0.25, 0.3) is 5.69 Å². The number of aromatic nitrogens is 6. The quantitative estimate of drug-likeness (QED) is 0.640. The third-order valence-corrected chi connectivity index (χ3v) is 3.87. The fraction of sp³-hybridized carbons (Fsp3) is 0.353. The number of rotatable bonds is 6. The molecule has 0 aliphatic heterocycles. The Bertz CT molecular complexity index is 869. The lowest BCUT2D eigenvalue weighted by Crippen LogP contribution is -2.12. The van der Waals surface area contributed by atoms with Gasteiger partial charge in [0.1, 0.15) is 5.56 Å². The number of benzene rings is 1. The first-order valence-electron chi connectivity index (χ1n) is 8.15. The van der Waals surface area contributed by atoms with Gasteiger partial charge < -0.3 is 4.74 Å². The summed E-state index contributed by atoms with van der Waals surface area (Å²) in [5.41, 5.74) is 2.73. The summed E-state index contributed by atoms with van der Waals surface area (Å²) >= 11 is 0. The molecular weight excluding hydrogens is 320 g/mol. The highest BCUT2D eigenvalue weighted by atomic mass is 16.5. The number of ether oxygens (including phenoxy) is 1. The van der Waals surface area contributed by atoms with Crippen molar-refractivity contribution in [3.8, 4) is 5.69 Å². The molecule has 3 aromatic rings. The number of tetrazole rings is 1. The van der Waals surface area contributed by atoms with Crippen LogP contribution in [0.2, 0.25) is 0 Å². The molecule has 0 amide bonds. The number of carbonyl (C=O) groups is 1. The first-order valence-corrected chi connectivity index (χ1v) is 8.15. The second kappa shape index (κ2) is 7.25. The number of carbonyl (C=O) groups excluding carboxylic acids is 1. The fourth-order valence-corrected chi connectivity index (χ4v) is 2.67. The van der Waals surface area contributed by atoms with Gasteiger partial charge in [0, 0.05) is 6.54 Å². The average Bonchev–Trinajstić information content (AvgIpc) is 3.18. The lowest BCUT2D eigenvalue weighted by molar-refractivity contribution is 0.0454. The molecule has 0 aliphatic carbocycles. The summed E-state index contributed by atoms with van der Waals surface area (Å²) in [6.45, 7) is 6.39. The van der Waals surface area contributed by atoms with Crippen molar-refractivity contribution in [3.05, 3.63) is 53.1 Å². The number of hydrogen-bond acceptors (Lipinski definition) is 6. The first-order chi connectivity index (χ1) is 12.1. The summed E-state index contributed by atoms with van der Waals surface area (Å²) in [6, 6.07) is 9.67. The molecule has 2 aromatic heterocycles. The van der Waals surface area contributed by atoms with Crippen LogP contribution < -0.4 is 0 Å². The molecular formula is C17H20N6O2. The predicted molar refractivity (Wildman–Crippen MR) is 90.3 cm³/mol. The molecule has 0 atom stereocenters. The predicted octanol–water partition coefficient (Wildman–Crippen LogP) is 2.24. The number of aryl methyl sites for hydroxylation is 2. The van der Waals surface area contributed by atoms with Crippen LogP contribution in [0.4, 0.5) is 0 Å². The standard InChI is InChI=1S/C17H20N6O2/c1-4-10-22-15(18-20-21-22)11-25-17(24)16-12(2)19-23(13(16)3)14-8-6-5-7-9-14/h5-9H,4,10-11H2,1-3H3. The van der Waals surface area contributed by atoms with Crippen molar-refractivity contribution in [2.45, 2.75) is 40.3 Å². The molecule has 8 nitrogen and oxygen atoms in total. The van der Waals surface area contributed by atoms with Crippen molar-refractivity contribution < 1.29 is 9.53 Å². The van der Waals surface area contributed by atoms with E-state index in [1.807, 2.05) is 44.2 Å². The van der Waals surface area contributed by atoms with Crippen molar-refractivity contribution in [1.82, 2.24) is 30.0 Å². The van der Waals surface area contributed by atoms with Crippen molar-refractivity contribution in [3.63, 3.8) is 0 Å². The molecule has 8 heteroatoms. The summed E-state index contributed by atoms with van der Waals surface area (Å²) in [4.78, 5) is 12.5. The molecule has 130 valence electrons. The summed E-state index contributed by atoms with van der Waals surface area (Å²) in [5, 5.41) is 15.9. The van der Waals surface area contributed by atoms with E-state index in [2.05, 4.69) is 20.6 Å². The minimum Gasteiger partial charge on any atom is -0.454 e. The molecule has 0 saturated heterocycles. The van der Waals surface area contributed by atoms with E-state index >= 15 is 0 Å². The second-order valence-electron chi connectivity index (χ2n) is 5.69. The fourth-order valence-electron chi connectivity index (χ4n) is 2.67. The molecule has 0 saturated carbocycles. The normalized spacial score (nSPS) is 10.8. The number of esters is 1. The van der Waals surface area contributed by atoms with Gasteiger partial charge in [0.15, 0.2) is 12.4 Å². The van der Waals surface area contributed by atoms with E-state index in [4.69, 9.17) is 4.74 Å². The van der Waals surface area contributed by atoms with Gasteiger partial charge >= 0.3 is 5.97 Å². The largest absolute Gasteiger partial charge is 0.454 e. The summed E-state index contributed by atoms with van der Waals surface area (Å²) in [6.07, 6.45) is 0.897. The molecule has 0 aliphatic rings. The average molecular weight is 340 g/mol. The van der Waals surface area contributed by atoms with E-state index in [0.717, 1.165) is 17.8 Å². The van der Waals surface area contributed by atoms with Crippen molar-refractivity contribution >= 4 is 5.97 Å². The van der Waals surface area contributed by atoms with Crippen LogP contribution in [0.5, 0.6) is 0 Å². The van der Waals surface area contributed by atoms with Gasteiger partial charge in [0.05, 0.1) is 17.1 Å². The van der Waals surface area contributed by atoms with E-state index in [1.165, 1.54) is 0 Å². The highest BCUT2D eigenvalue weighted by Crippen LogP contribution is 2.19. The van der Waals surface area contributed by atoms with E-state index in [-0.39, 0.29) is 6.61 Å². The van der Waals surface area contributed by atoms with Gasteiger partial charge in [-0.1, -0.05) is 25.1 Å². The zero-order valence-electron chi connectivity index (χ0n) is 14.5. The number of nitrogens with zero attached hydrogens (tertiary/aromatic N) is 6. The topological polar surface area (TPSA) is 87.7 Å². The highest BCUT2D eigenvalue weighted by molar-refractivity contribution is 5.92. The van der Waals surface area contributed by atoms with Gasteiger partial charge in [-0.05, 0) is 42.8 Å².